The number of fused-ring (bicyclic) bond motifs is 1. The monoisotopic (exact) mass is 417 g/mol. The van der Waals surface area contributed by atoms with Crippen molar-refractivity contribution in [3.63, 3.8) is 0 Å². The zero-order valence-electron chi connectivity index (χ0n) is 15.1. The summed E-state index contributed by atoms with van der Waals surface area (Å²) < 4.78 is 4.18. The van der Waals surface area contributed by atoms with Gasteiger partial charge in [0.15, 0.2) is 9.73 Å². The van der Waals surface area contributed by atoms with E-state index >= 15 is 0 Å². The van der Waals surface area contributed by atoms with Crippen LogP contribution in [0.1, 0.15) is 10.5 Å². The SMILES string of the molecule is O=C(Nc1ccc(-c2cn3ccsc3n2)cc1)c1c[nH]c(=S)n1-c1ccccc1. The minimum atomic E-state index is -0.239. The van der Waals surface area contributed by atoms with Crippen LogP contribution >= 0.6 is 23.6 Å². The van der Waals surface area contributed by atoms with Crippen LogP contribution in [-0.4, -0.2) is 24.8 Å². The van der Waals surface area contributed by atoms with Gasteiger partial charge in [-0.3, -0.25) is 13.8 Å². The largest absolute Gasteiger partial charge is 0.336 e. The maximum Gasteiger partial charge on any atom is 0.274 e. The predicted molar refractivity (Wildman–Crippen MR) is 117 cm³/mol. The first kappa shape index (κ1) is 17.6. The fourth-order valence-corrected chi connectivity index (χ4v) is 4.12. The zero-order chi connectivity index (χ0) is 19.8. The molecule has 0 spiro atoms. The maximum atomic E-state index is 12.8. The average molecular weight is 418 g/mol. The number of para-hydroxylation sites is 1. The molecule has 2 N–H and O–H groups in total. The van der Waals surface area contributed by atoms with E-state index in [1.54, 1.807) is 22.1 Å². The number of hydrogen-bond donors (Lipinski definition) is 2. The van der Waals surface area contributed by atoms with Gasteiger partial charge in [-0.1, -0.05) is 30.3 Å². The molecule has 1 amide bonds. The van der Waals surface area contributed by atoms with Gasteiger partial charge in [0, 0.05) is 40.9 Å². The van der Waals surface area contributed by atoms with Gasteiger partial charge in [-0.2, -0.15) is 0 Å². The second-order valence-corrected chi connectivity index (χ2v) is 7.66. The highest BCUT2D eigenvalue weighted by Gasteiger charge is 2.15. The third-order valence-electron chi connectivity index (χ3n) is 4.56. The van der Waals surface area contributed by atoms with E-state index in [1.807, 2.05) is 76.8 Å². The van der Waals surface area contributed by atoms with Gasteiger partial charge in [0.1, 0.15) is 5.69 Å². The molecule has 0 bridgehead atoms. The minimum absolute atomic E-state index is 0.239. The van der Waals surface area contributed by atoms with E-state index in [0.717, 1.165) is 21.9 Å². The van der Waals surface area contributed by atoms with Crippen LogP contribution in [-0.2, 0) is 0 Å². The molecule has 3 aromatic heterocycles. The highest BCUT2D eigenvalue weighted by atomic mass is 32.1. The smallest absolute Gasteiger partial charge is 0.274 e. The number of H-pyrrole nitrogens is 1. The molecule has 142 valence electrons. The summed E-state index contributed by atoms with van der Waals surface area (Å²) in [4.78, 5) is 21.4. The number of carbonyl (C=O) groups is 1. The number of nitrogens with zero attached hydrogens (tertiary/aromatic N) is 3. The van der Waals surface area contributed by atoms with Crippen molar-refractivity contribution in [3.8, 4) is 16.9 Å². The first-order valence-corrected chi connectivity index (χ1v) is 10.2. The van der Waals surface area contributed by atoms with Crippen LogP contribution in [0.25, 0.3) is 21.9 Å². The summed E-state index contributed by atoms with van der Waals surface area (Å²) in [6, 6.07) is 17.2. The van der Waals surface area contributed by atoms with Gasteiger partial charge >= 0.3 is 0 Å². The molecule has 8 heteroatoms. The van der Waals surface area contributed by atoms with Crippen LogP contribution in [0.5, 0.6) is 0 Å². The number of aromatic nitrogens is 4. The molecule has 0 aliphatic rings. The lowest BCUT2D eigenvalue weighted by Gasteiger charge is -2.09. The van der Waals surface area contributed by atoms with Crippen LogP contribution in [0.15, 0.2) is 78.6 Å². The molecule has 0 unspecified atom stereocenters. The predicted octanol–water partition coefficient (Wildman–Crippen LogP) is 5.16. The lowest BCUT2D eigenvalue weighted by Crippen LogP contribution is -2.16. The second kappa shape index (κ2) is 7.16. The highest BCUT2D eigenvalue weighted by Crippen LogP contribution is 2.23. The molecule has 3 heterocycles. The number of rotatable bonds is 4. The number of amides is 1. The van der Waals surface area contributed by atoms with E-state index in [0.29, 0.717) is 16.2 Å². The van der Waals surface area contributed by atoms with Crippen LogP contribution in [0.2, 0.25) is 0 Å². The van der Waals surface area contributed by atoms with Crippen molar-refractivity contribution in [2.75, 3.05) is 5.32 Å². The first-order valence-electron chi connectivity index (χ1n) is 8.89. The number of benzene rings is 2. The number of nitrogens with one attached hydrogen (secondary N) is 2. The third-order valence-corrected chi connectivity index (χ3v) is 5.63. The van der Waals surface area contributed by atoms with Crippen molar-refractivity contribution in [2.45, 2.75) is 0 Å². The Kier molecular flexibility index (Phi) is 4.34. The lowest BCUT2D eigenvalue weighted by molar-refractivity contribution is 0.102. The maximum absolute atomic E-state index is 12.8. The summed E-state index contributed by atoms with van der Waals surface area (Å²) in [6.45, 7) is 0. The van der Waals surface area contributed by atoms with Crippen molar-refractivity contribution >= 4 is 40.1 Å². The Morgan fingerprint density at radius 2 is 1.90 bits per heavy atom. The van der Waals surface area contributed by atoms with Crippen molar-refractivity contribution in [3.05, 3.63) is 89.0 Å². The number of imidazole rings is 2. The zero-order valence-corrected chi connectivity index (χ0v) is 16.7. The Morgan fingerprint density at radius 1 is 1.10 bits per heavy atom. The molecule has 0 saturated carbocycles. The van der Waals surface area contributed by atoms with Crippen molar-refractivity contribution < 1.29 is 4.79 Å². The van der Waals surface area contributed by atoms with Crippen LogP contribution in [0.3, 0.4) is 0 Å². The van der Waals surface area contributed by atoms with Gasteiger partial charge in [-0.05, 0) is 36.5 Å². The summed E-state index contributed by atoms with van der Waals surface area (Å²) in [6.07, 6.45) is 5.60. The molecular formula is C21H15N5OS2. The molecule has 6 nitrogen and oxygen atoms in total. The Labute approximate surface area is 175 Å². The molecule has 0 aliphatic carbocycles. The number of carbonyl (C=O) groups excluding carboxylic acids is 1. The number of thiazole rings is 1. The molecule has 0 aliphatic heterocycles. The topological polar surface area (TPSA) is 67.1 Å². The van der Waals surface area contributed by atoms with Crippen LogP contribution < -0.4 is 5.32 Å². The van der Waals surface area contributed by atoms with Crippen LogP contribution in [0.4, 0.5) is 5.69 Å². The van der Waals surface area contributed by atoms with Crippen molar-refractivity contribution in [2.24, 2.45) is 0 Å². The normalized spacial score (nSPS) is 11.0. The Balaban J connectivity index is 1.39. The quantitative estimate of drug-likeness (QED) is 0.397. The van der Waals surface area contributed by atoms with E-state index in [-0.39, 0.29) is 5.91 Å². The van der Waals surface area contributed by atoms with Gasteiger partial charge in [0.05, 0.1) is 5.69 Å². The molecule has 5 rings (SSSR count). The van der Waals surface area contributed by atoms with Crippen LogP contribution in [0, 0.1) is 4.77 Å². The van der Waals surface area contributed by atoms with Crippen molar-refractivity contribution in [1.82, 2.24) is 18.9 Å². The van der Waals surface area contributed by atoms with E-state index < -0.39 is 0 Å². The summed E-state index contributed by atoms with van der Waals surface area (Å²) in [5.41, 5.74) is 3.87. The van der Waals surface area contributed by atoms with E-state index in [9.17, 15) is 4.79 Å². The molecule has 5 aromatic rings. The highest BCUT2D eigenvalue weighted by molar-refractivity contribution is 7.71. The summed E-state index contributed by atoms with van der Waals surface area (Å²) in [5, 5.41) is 4.93. The van der Waals surface area contributed by atoms with Gasteiger partial charge < -0.3 is 10.3 Å². The number of aromatic amines is 1. The molecule has 29 heavy (non-hydrogen) atoms. The molecule has 2 aromatic carbocycles. The summed E-state index contributed by atoms with van der Waals surface area (Å²) in [7, 11) is 0. The minimum Gasteiger partial charge on any atom is -0.336 e. The molecule has 0 atom stereocenters. The summed E-state index contributed by atoms with van der Waals surface area (Å²) >= 11 is 6.94. The van der Waals surface area contributed by atoms with E-state index in [2.05, 4.69) is 15.3 Å². The number of hydrogen-bond acceptors (Lipinski definition) is 4. The molecule has 0 fully saturated rings. The Morgan fingerprint density at radius 3 is 2.66 bits per heavy atom. The summed E-state index contributed by atoms with van der Waals surface area (Å²) in [5.74, 6) is -0.239. The third kappa shape index (κ3) is 3.28. The van der Waals surface area contributed by atoms with Gasteiger partial charge in [0.2, 0.25) is 0 Å². The van der Waals surface area contributed by atoms with E-state index in [1.165, 1.54) is 0 Å². The Hall–Kier alpha value is -3.49. The molecule has 0 radical (unpaired) electrons. The van der Waals surface area contributed by atoms with Gasteiger partial charge in [0.25, 0.3) is 5.91 Å². The molecule has 0 saturated heterocycles. The van der Waals surface area contributed by atoms with Gasteiger partial charge in [-0.25, -0.2) is 4.98 Å². The average Bonchev–Trinajstić information content (AvgIpc) is 3.44. The number of anilines is 1. The van der Waals surface area contributed by atoms with Gasteiger partial charge in [-0.15, -0.1) is 11.3 Å². The fraction of sp³-hybridized carbons (Fsp3) is 0. The first-order chi connectivity index (χ1) is 14.2. The Bertz CT molecular complexity index is 1330. The van der Waals surface area contributed by atoms with Crippen molar-refractivity contribution in [1.29, 1.82) is 0 Å². The fourth-order valence-electron chi connectivity index (χ4n) is 3.16. The standard InChI is InChI=1S/C21H15N5OS2/c27-19(18-12-22-20(28)26(18)16-4-2-1-3-5-16)23-15-8-6-14(7-9-15)17-13-25-10-11-29-21(25)24-17/h1-13H,(H,22,28)(H,23,27). The molecular weight excluding hydrogens is 402 g/mol. The van der Waals surface area contributed by atoms with E-state index in [4.69, 9.17) is 12.2 Å². The second-order valence-electron chi connectivity index (χ2n) is 6.40. The lowest BCUT2D eigenvalue weighted by atomic mass is 10.1.